The van der Waals surface area contributed by atoms with Gasteiger partial charge in [-0.2, -0.15) is 0 Å². The zero-order valence-electron chi connectivity index (χ0n) is 16.3. The van der Waals surface area contributed by atoms with Gasteiger partial charge in [0, 0.05) is 17.2 Å². The van der Waals surface area contributed by atoms with Gasteiger partial charge in [-0.05, 0) is 56.2 Å². The lowest BCUT2D eigenvalue weighted by Gasteiger charge is -2.17. The van der Waals surface area contributed by atoms with Crippen molar-refractivity contribution in [2.24, 2.45) is 0 Å². The second-order valence-corrected chi connectivity index (χ2v) is 8.90. The standard InChI is InChI=1S/C21H21FN2O4S/c1-13(2)23-20(25)17-6-4-15(5-7-17)12-24-21(26)14(3)19(29(24,27)28)16-8-10-18(22)11-9-16/h4-11,13H,12H2,1-3H3,(H,23,25). The van der Waals surface area contributed by atoms with Gasteiger partial charge in [0.1, 0.15) is 10.7 Å². The van der Waals surface area contributed by atoms with E-state index >= 15 is 0 Å². The number of amides is 2. The van der Waals surface area contributed by atoms with E-state index in [0.29, 0.717) is 11.1 Å². The summed E-state index contributed by atoms with van der Waals surface area (Å²) in [4.78, 5) is 24.5. The number of carbonyl (C=O) groups excluding carboxylic acids is 2. The Balaban J connectivity index is 1.85. The SMILES string of the molecule is CC1=C(c2ccc(F)cc2)S(=O)(=O)N(Cc2ccc(C(=O)NC(C)C)cc2)C1=O. The summed E-state index contributed by atoms with van der Waals surface area (Å²) in [6.07, 6.45) is 0. The van der Waals surface area contributed by atoms with Crippen LogP contribution in [0.2, 0.25) is 0 Å². The molecule has 1 aliphatic rings. The highest BCUT2D eigenvalue weighted by Gasteiger charge is 2.42. The molecule has 1 heterocycles. The fourth-order valence-electron chi connectivity index (χ4n) is 3.09. The van der Waals surface area contributed by atoms with Crippen LogP contribution in [0.3, 0.4) is 0 Å². The van der Waals surface area contributed by atoms with Crippen molar-refractivity contribution in [2.75, 3.05) is 0 Å². The highest BCUT2D eigenvalue weighted by atomic mass is 32.2. The third-order valence-electron chi connectivity index (χ3n) is 4.50. The number of hydrogen-bond acceptors (Lipinski definition) is 4. The van der Waals surface area contributed by atoms with Gasteiger partial charge in [0.25, 0.3) is 21.8 Å². The summed E-state index contributed by atoms with van der Waals surface area (Å²) in [7, 11) is -4.07. The molecule has 3 rings (SSSR count). The van der Waals surface area contributed by atoms with Gasteiger partial charge in [-0.15, -0.1) is 0 Å². The zero-order chi connectivity index (χ0) is 21.3. The van der Waals surface area contributed by atoms with Crippen LogP contribution in [0.1, 0.15) is 42.3 Å². The minimum absolute atomic E-state index is 0.00604. The third-order valence-corrected chi connectivity index (χ3v) is 6.44. The van der Waals surface area contributed by atoms with Crippen LogP contribution in [0, 0.1) is 5.82 Å². The molecular formula is C21H21FN2O4S. The molecule has 2 aromatic rings. The first-order chi connectivity index (χ1) is 13.6. The van der Waals surface area contributed by atoms with E-state index in [0.717, 1.165) is 16.4 Å². The number of halogens is 1. The predicted molar refractivity (Wildman–Crippen MR) is 108 cm³/mol. The number of benzene rings is 2. The zero-order valence-corrected chi connectivity index (χ0v) is 17.1. The Morgan fingerprint density at radius 1 is 1.07 bits per heavy atom. The average molecular weight is 416 g/mol. The molecule has 0 aliphatic carbocycles. The monoisotopic (exact) mass is 416 g/mol. The smallest absolute Gasteiger partial charge is 0.268 e. The highest BCUT2D eigenvalue weighted by molar-refractivity contribution is 7.99. The van der Waals surface area contributed by atoms with Gasteiger partial charge < -0.3 is 5.32 Å². The van der Waals surface area contributed by atoms with E-state index in [4.69, 9.17) is 0 Å². The Hall–Kier alpha value is -3.00. The number of nitrogens with one attached hydrogen (secondary N) is 1. The van der Waals surface area contributed by atoms with Crippen molar-refractivity contribution in [1.82, 2.24) is 9.62 Å². The molecule has 8 heteroatoms. The first kappa shape index (κ1) is 20.7. The van der Waals surface area contributed by atoms with E-state index in [-0.39, 0.29) is 34.5 Å². The van der Waals surface area contributed by atoms with Crippen LogP contribution in [0.15, 0.2) is 54.1 Å². The van der Waals surface area contributed by atoms with Crippen molar-refractivity contribution in [3.63, 3.8) is 0 Å². The van der Waals surface area contributed by atoms with Crippen molar-refractivity contribution in [3.05, 3.63) is 76.6 Å². The molecule has 6 nitrogen and oxygen atoms in total. The fourth-order valence-corrected chi connectivity index (χ4v) is 4.90. The van der Waals surface area contributed by atoms with Crippen LogP contribution in [0.25, 0.3) is 4.91 Å². The molecule has 0 aromatic heterocycles. The van der Waals surface area contributed by atoms with Crippen molar-refractivity contribution >= 4 is 26.7 Å². The molecule has 0 saturated heterocycles. The maximum atomic E-state index is 13.2. The van der Waals surface area contributed by atoms with Crippen molar-refractivity contribution in [2.45, 2.75) is 33.4 Å². The van der Waals surface area contributed by atoms with Gasteiger partial charge in [0.15, 0.2) is 0 Å². The summed E-state index contributed by atoms with van der Waals surface area (Å²) < 4.78 is 40.0. The lowest BCUT2D eigenvalue weighted by Crippen LogP contribution is -2.31. The summed E-state index contributed by atoms with van der Waals surface area (Å²) in [5.74, 6) is -1.34. The second kappa shape index (κ2) is 7.79. The maximum Gasteiger partial charge on any atom is 0.268 e. The normalized spacial score (nSPS) is 15.9. The van der Waals surface area contributed by atoms with Gasteiger partial charge >= 0.3 is 0 Å². The molecule has 1 aliphatic heterocycles. The van der Waals surface area contributed by atoms with Gasteiger partial charge in [-0.1, -0.05) is 24.3 Å². The number of rotatable bonds is 5. The lowest BCUT2D eigenvalue weighted by molar-refractivity contribution is -0.122. The molecule has 0 fully saturated rings. The molecule has 0 unspecified atom stereocenters. The summed E-state index contributed by atoms with van der Waals surface area (Å²) in [5.41, 5.74) is 1.36. The van der Waals surface area contributed by atoms with Gasteiger partial charge in [0.2, 0.25) is 0 Å². The highest BCUT2D eigenvalue weighted by Crippen LogP contribution is 2.36. The number of carbonyl (C=O) groups is 2. The van der Waals surface area contributed by atoms with E-state index in [2.05, 4.69) is 5.32 Å². The minimum Gasteiger partial charge on any atom is -0.350 e. The molecule has 0 bridgehead atoms. The molecule has 0 spiro atoms. The van der Waals surface area contributed by atoms with E-state index in [1.807, 2.05) is 13.8 Å². The Labute approximate surface area is 169 Å². The van der Waals surface area contributed by atoms with Crippen molar-refractivity contribution in [1.29, 1.82) is 0 Å². The van der Waals surface area contributed by atoms with Gasteiger partial charge in [-0.3, -0.25) is 9.59 Å². The van der Waals surface area contributed by atoms with Crippen LogP contribution in [-0.2, 0) is 21.4 Å². The largest absolute Gasteiger partial charge is 0.350 e. The Bertz CT molecular complexity index is 1090. The van der Waals surface area contributed by atoms with Gasteiger partial charge in [-0.25, -0.2) is 17.1 Å². The summed E-state index contributed by atoms with van der Waals surface area (Å²) in [6.45, 7) is 4.99. The molecule has 1 N–H and O–H groups in total. The molecule has 152 valence electrons. The van der Waals surface area contributed by atoms with E-state index < -0.39 is 21.7 Å². The summed E-state index contributed by atoms with van der Waals surface area (Å²) in [5, 5.41) is 2.77. The number of sulfonamides is 1. The molecule has 29 heavy (non-hydrogen) atoms. The van der Waals surface area contributed by atoms with E-state index in [9.17, 15) is 22.4 Å². The van der Waals surface area contributed by atoms with Crippen LogP contribution in [-0.4, -0.2) is 30.6 Å². The number of hydrogen-bond donors (Lipinski definition) is 1. The Kier molecular flexibility index (Phi) is 5.57. The quantitative estimate of drug-likeness (QED) is 0.812. The van der Waals surface area contributed by atoms with Crippen LogP contribution >= 0.6 is 0 Å². The molecular weight excluding hydrogens is 395 g/mol. The second-order valence-electron chi connectivity index (χ2n) is 7.10. The maximum absolute atomic E-state index is 13.2. The number of nitrogens with zero attached hydrogens (tertiary/aromatic N) is 1. The third kappa shape index (κ3) is 4.07. The molecule has 2 aromatic carbocycles. The van der Waals surface area contributed by atoms with Crippen molar-refractivity contribution in [3.8, 4) is 0 Å². The van der Waals surface area contributed by atoms with Gasteiger partial charge in [0.05, 0.1) is 6.54 Å². The van der Waals surface area contributed by atoms with Crippen LogP contribution in [0.5, 0.6) is 0 Å². The predicted octanol–water partition coefficient (Wildman–Crippen LogP) is 3.07. The first-order valence-corrected chi connectivity index (χ1v) is 10.5. The molecule has 0 saturated carbocycles. The molecule has 2 amide bonds. The molecule has 0 radical (unpaired) electrons. The topological polar surface area (TPSA) is 83.6 Å². The Morgan fingerprint density at radius 3 is 2.21 bits per heavy atom. The summed E-state index contributed by atoms with van der Waals surface area (Å²) in [6, 6.07) is 11.4. The van der Waals surface area contributed by atoms with E-state index in [1.54, 1.807) is 24.3 Å². The first-order valence-electron chi connectivity index (χ1n) is 9.05. The molecule has 0 atom stereocenters. The Morgan fingerprint density at radius 2 is 1.66 bits per heavy atom. The van der Waals surface area contributed by atoms with E-state index in [1.165, 1.54) is 19.1 Å². The minimum atomic E-state index is -4.07. The average Bonchev–Trinajstić information content (AvgIpc) is 2.82. The summed E-state index contributed by atoms with van der Waals surface area (Å²) >= 11 is 0. The fraction of sp³-hybridized carbons (Fsp3) is 0.238. The van der Waals surface area contributed by atoms with Crippen LogP contribution in [0.4, 0.5) is 4.39 Å². The van der Waals surface area contributed by atoms with Crippen molar-refractivity contribution < 1.29 is 22.4 Å². The van der Waals surface area contributed by atoms with Crippen LogP contribution < -0.4 is 5.32 Å². The lowest BCUT2D eigenvalue weighted by atomic mass is 10.1.